The van der Waals surface area contributed by atoms with Crippen LogP contribution in [-0.4, -0.2) is 7.11 Å². The molecule has 0 radical (unpaired) electrons. The second kappa shape index (κ2) is 5.44. The van der Waals surface area contributed by atoms with E-state index in [1.165, 1.54) is 16.0 Å². The molecule has 1 atom stereocenters. The van der Waals surface area contributed by atoms with Crippen molar-refractivity contribution in [1.29, 1.82) is 0 Å². The van der Waals surface area contributed by atoms with Crippen LogP contribution in [0.1, 0.15) is 29.0 Å². The number of rotatable bonds is 4. The summed E-state index contributed by atoms with van der Waals surface area (Å²) in [7, 11) is 1.70. The predicted molar refractivity (Wildman–Crippen MR) is 78.8 cm³/mol. The van der Waals surface area contributed by atoms with E-state index in [0.717, 1.165) is 11.4 Å². The fraction of sp³-hybridized carbons (Fsp3) is 0.333. The standard InChI is InChI=1S/C15H19NOS/c1-10-5-6-13(17-4)9-14(10)16-12(3)15-11(2)7-8-18-15/h5-9,12,16H,1-4H3. The highest BCUT2D eigenvalue weighted by Gasteiger charge is 2.11. The fourth-order valence-electron chi connectivity index (χ4n) is 2.01. The highest BCUT2D eigenvalue weighted by atomic mass is 32.1. The van der Waals surface area contributed by atoms with Crippen LogP contribution in [0.2, 0.25) is 0 Å². The number of thiophene rings is 1. The second-order valence-electron chi connectivity index (χ2n) is 4.51. The highest BCUT2D eigenvalue weighted by molar-refractivity contribution is 7.10. The van der Waals surface area contributed by atoms with Crippen LogP contribution >= 0.6 is 11.3 Å². The summed E-state index contributed by atoms with van der Waals surface area (Å²) in [6.45, 7) is 6.45. The SMILES string of the molecule is COc1ccc(C)c(NC(C)c2sccc2C)c1. The number of benzene rings is 1. The molecule has 2 rings (SSSR count). The molecule has 0 bridgehead atoms. The van der Waals surface area contributed by atoms with Gasteiger partial charge in [-0.1, -0.05) is 6.07 Å². The minimum Gasteiger partial charge on any atom is -0.497 e. The molecule has 0 aliphatic heterocycles. The van der Waals surface area contributed by atoms with Gasteiger partial charge in [0.1, 0.15) is 5.75 Å². The Hall–Kier alpha value is -1.48. The summed E-state index contributed by atoms with van der Waals surface area (Å²) in [5, 5.41) is 5.70. The summed E-state index contributed by atoms with van der Waals surface area (Å²) in [6.07, 6.45) is 0. The molecule has 1 aromatic heterocycles. The van der Waals surface area contributed by atoms with Crippen molar-refractivity contribution in [2.45, 2.75) is 26.8 Å². The molecular weight excluding hydrogens is 242 g/mol. The monoisotopic (exact) mass is 261 g/mol. The summed E-state index contributed by atoms with van der Waals surface area (Å²) in [4.78, 5) is 1.39. The van der Waals surface area contributed by atoms with Crippen molar-refractivity contribution in [1.82, 2.24) is 0 Å². The molecule has 1 unspecified atom stereocenters. The van der Waals surface area contributed by atoms with Gasteiger partial charge in [0.25, 0.3) is 0 Å². The van der Waals surface area contributed by atoms with Crippen molar-refractivity contribution in [3.8, 4) is 5.75 Å². The zero-order chi connectivity index (χ0) is 13.1. The summed E-state index contributed by atoms with van der Waals surface area (Å²) >= 11 is 1.80. The van der Waals surface area contributed by atoms with Crippen molar-refractivity contribution < 1.29 is 4.74 Å². The maximum atomic E-state index is 5.27. The van der Waals surface area contributed by atoms with E-state index in [1.54, 1.807) is 18.4 Å². The Bertz CT molecular complexity index is 533. The Labute approximate surface area is 113 Å². The van der Waals surface area contributed by atoms with Crippen LogP contribution in [0.3, 0.4) is 0 Å². The van der Waals surface area contributed by atoms with Gasteiger partial charge >= 0.3 is 0 Å². The van der Waals surface area contributed by atoms with Crippen molar-refractivity contribution in [2.24, 2.45) is 0 Å². The van der Waals surface area contributed by atoms with Gasteiger partial charge in [-0.3, -0.25) is 0 Å². The van der Waals surface area contributed by atoms with Gasteiger partial charge in [0.2, 0.25) is 0 Å². The topological polar surface area (TPSA) is 21.3 Å². The lowest BCUT2D eigenvalue weighted by molar-refractivity contribution is 0.415. The quantitative estimate of drug-likeness (QED) is 0.872. The smallest absolute Gasteiger partial charge is 0.120 e. The van der Waals surface area contributed by atoms with Crippen LogP contribution in [0.25, 0.3) is 0 Å². The van der Waals surface area contributed by atoms with E-state index in [-0.39, 0.29) is 0 Å². The van der Waals surface area contributed by atoms with Crippen LogP contribution in [0.5, 0.6) is 5.75 Å². The van der Waals surface area contributed by atoms with E-state index in [4.69, 9.17) is 4.74 Å². The molecular formula is C15H19NOS. The van der Waals surface area contributed by atoms with Gasteiger partial charge in [0.05, 0.1) is 13.2 Å². The van der Waals surface area contributed by atoms with E-state index in [2.05, 4.69) is 49.7 Å². The number of methoxy groups -OCH3 is 1. The maximum absolute atomic E-state index is 5.27. The van der Waals surface area contributed by atoms with Crippen molar-refractivity contribution in [3.63, 3.8) is 0 Å². The molecule has 0 aliphatic carbocycles. The zero-order valence-electron chi connectivity index (χ0n) is 11.3. The summed E-state index contributed by atoms with van der Waals surface area (Å²) < 4.78 is 5.27. The second-order valence-corrected chi connectivity index (χ2v) is 5.46. The number of nitrogens with one attached hydrogen (secondary N) is 1. The molecule has 0 amide bonds. The van der Waals surface area contributed by atoms with E-state index >= 15 is 0 Å². The molecule has 0 aliphatic rings. The van der Waals surface area contributed by atoms with Gasteiger partial charge in [0.15, 0.2) is 0 Å². The van der Waals surface area contributed by atoms with Crippen LogP contribution in [0, 0.1) is 13.8 Å². The molecule has 1 N–H and O–H groups in total. The third kappa shape index (κ3) is 2.67. The summed E-state index contributed by atoms with van der Waals surface area (Å²) in [6, 6.07) is 8.60. The molecule has 0 spiro atoms. The predicted octanol–water partition coefficient (Wildman–Crippen LogP) is 4.55. The molecule has 0 fully saturated rings. The lowest BCUT2D eigenvalue weighted by Crippen LogP contribution is -2.07. The lowest BCUT2D eigenvalue weighted by Gasteiger charge is -2.17. The molecule has 0 saturated carbocycles. The maximum Gasteiger partial charge on any atom is 0.120 e. The minimum atomic E-state index is 0.316. The average molecular weight is 261 g/mol. The minimum absolute atomic E-state index is 0.316. The molecule has 1 heterocycles. The van der Waals surface area contributed by atoms with E-state index < -0.39 is 0 Å². The first-order valence-corrected chi connectivity index (χ1v) is 6.95. The first-order chi connectivity index (χ1) is 8.61. The molecule has 3 heteroatoms. The van der Waals surface area contributed by atoms with Gasteiger partial charge in [-0.2, -0.15) is 0 Å². The number of hydrogen-bond acceptors (Lipinski definition) is 3. The fourth-order valence-corrected chi connectivity index (χ4v) is 2.95. The normalized spacial score (nSPS) is 12.2. The van der Waals surface area contributed by atoms with Gasteiger partial charge in [-0.15, -0.1) is 11.3 Å². The Morgan fingerprint density at radius 3 is 2.56 bits per heavy atom. The number of ether oxygens (including phenoxy) is 1. The Morgan fingerprint density at radius 2 is 1.94 bits per heavy atom. The molecule has 18 heavy (non-hydrogen) atoms. The third-order valence-electron chi connectivity index (χ3n) is 3.11. The largest absolute Gasteiger partial charge is 0.497 e. The zero-order valence-corrected chi connectivity index (χ0v) is 12.1. The van der Waals surface area contributed by atoms with Gasteiger partial charge in [-0.05, 0) is 49.4 Å². The number of anilines is 1. The molecule has 2 aromatic rings. The Balaban J connectivity index is 2.21. The molecule has 0 saturated heterocycles. The van der Waals surface area contributed by atoms with Crippen molar-refractivity contribution >= 4 is 17.0 Å². The average Bonchev–Trinajstić information content (AvgIpc) is 2.78. The molecule has 1 aromatic carbocycles. The number of aryl methyl sites for hydroxylation is 2. The van der Waals surface area contributed by atoms with E-state index in [1.807, 2.05) is 6.07 Å². The summed E-state index contributed by atoms with van der Waals surface area (Å²) in [5.74, 6) is 0.887. The molecule has 96 valence electrons. The van der Waals surface area contributed by atoms with Gasteiger partial charge < -0.3 is 10.1 Å². The van der Waals surface area contributed by atoms with E-state index in [0.29, 0.717) is 6.04 Å². The van der Waals surface area contributed by atoms with Crippen LogP contribution in [0.15, 0.2) is 29.6 Å². The van der Waals surface area contributed by atoms with Gasteiger partial charge in [-0.25, -0.2) is 0 Å². The Morgan fingerprint density at radius 1 is 1.17 bits per heavy atom. The Kier molecular flexibility index (Phi) is 3.92. The van der Waals surface area contributed by atoms with Crippen molar-refractivity contribution in [2.75, 3.05) is 12.4 Å². The van der Waals surface area contributed by atoms with Gasteiger partial charge in [0, 0.05) is 16.6 Å². The lowest BCUT2D eigenvalue weighted by atomic mass is 10.1. The van der Waals surface area contributed by atoms with Crippen LogP contribution < -0.4 is 10.1 Å². The first kappa shape index (κ1) is 13.0. The highest BCUT2D eigenvalue weighted by Crippen LogP contribution is 2.29. The molecule has 2 nitrogen and oxygen atoms in total. The number of hydrogen-bond donors (Lipinski definition) is 1. The first-order valence-electron chi connectivity index (χ1n) is 6.07. The van der Waals surface area contributed by atoms with E-state index in [9.17, 15) is 0 Å². The van der Waals surface area contributed by atoms with Crippen LogP contribution in [-0.2, 0) is 0 Å². The third-order valence-corrected chi connectivity index (χ3v) is 4.31. The van der Waals surface area contributed by atoms with Crippen molar-refractivity contribution in [3.05, 3.63) is 45.6 Å². The van der Waals surface area contributed by atoms with Crippen LogP contribution in [0.4, 0.5) is 5.69 Å². The summed E-state index contributed by atoms with van der Waals surface area (Å²) in [5.41, 5.74) is 3.71.